The van der Waals surface area contributed by atoms with Crippen LogP contribution in [0.15, 0.2) is 66.7 Å². The molecule has 1 aliphatic heterocycles. The van der Waals surface area contributed by atoms with Crippen molar-refractivity contribution >= 4 is 11.6 Å². The van der Waals surface area contributed by atoms with Gasteiger partial charge in [-0.25, -0.2) is 0 Å². The molecule has 0 spiro atoms. The van der Waals surface area contributed by atoms with Crippen LogP contribution in [0, 0.1) is 6.92 Å². The number of nitrogens with one attached hydrogen (secondary N) is 1. The highest BCUT2D eigenvalue weighted by molar-refractivity contribution is 5.93. The van der Waals surface area contributed by atoms with Gasteiger partial charge in [0.05, 0.1) is 19.3 Å². The summed E-state index contributed by atoms with van der Waals surface area (Å²) in [5.74, 6) is 0.631. The minimum absolute atomic E-state index is 0.0410. The summed E-state index contributed by atoms with van der Waals surface area (Å²) in [6.07, 6.45) is 0. The number of amides is 1. The maximum atomic E-state index is 12.8. The quantitative estimate of drug-likeness (QED) is 0.726. The molecule has 0 aromatic heterocycles. The van der Waals surface area contributed by atoms with Crippen molar-refractivity contribution < 1.29 is 9.53 Å². The van der Waals surface area contributed by atoms with Crippen molar-refractivity contribution in [2.24, 2.45) is 0 Å². The van der Waals surface area contributed by atoms with E-state index in [1.165, 1.54) is 22.3 Å². The molecule has 28 heavy (non-hydrogen) atoms. The summed E-state index contributed by atoms with van der Waals surface area (Å²) in [5, 5.41) is 3.01. The number of carbonyl (C=O) groups is 1. The van der Waals surface area contributed by atoms with Crippen LogP contribution in [-0.4, -0.2) is 24.5 Å². The van der Waals surface area contributed by atoms with Crippen LogP contribution in [0.4, 0.5) is 5.69 Å². The molecule has 0 radical (unpaired) electrons. The molecule has 0 saturated carbocycles. The number of ether oxygens (including phenoxy) is 1. The predicted octanol–water partition coefficient (Wildman–Crippen LogP) is 4.62. The van der Waals surface area contributed by atoms with Crippen LogP contribution >= 0.6 is 0 Å². The Labute approximate surface area is 165 Å². The van der Waals surface area contributed by atoms with Gasteiger partial charge < -0.3 is 10.1 Å². The van der Waals surface area contributed by atoms with Gasteiger partial charge in [0.15, 0.2) is 0 Å². The Bertz CT molecular complexity index is 965. The van der Waals surface area contributed by atoms with Crippen molar-refractivity contribution in [1.82, 2.24) is 4.90 Å². The van der Waals surface area contributed by atoms with Crippen molar-refractivity contribution in [3.05, 3.63) is 83.4 Å². The minimum Gasteiger partial charge on any atom is -0.495 e. The zero-order valence-electron chi connectivity index (χ0n) is 16.2. The molecule has 3 aromatic rings. The first kappa shape index (κ1) is 18.3. The molecular weight excluding hydrogens is 348 g/mol. The standard InChI is InChI=1S/C24H24N2O2/c1-17-11-12-23(28-2)22(13-17)25-24(27)16-26-14-18-7-3-5-9-20(18)21-10-6-4-8-19(21)15-26/h3-13H,14-16H2,1-2H3,(H,25,27). The van der Waals surface area contributed by atoms with Gasteiger partial charge >= 0.3 is 0 Å². The molecular formula is C24H24N2O2. The second kappa shape index (κ2) is 7.87. The van der Waals surface area contributed by atoms with Gasteiger partial charge in [0, 0.05) is 13.1 Å². The second-order valence-electron chi connectivity index (χ2n) is 7.21. The largest absolute Gasteiger partial charge is 0.495 e. The molecule has 1 aliphatic rings. The Morgan fingerprint density at radius 3 is 2.18 bits per heavy atom. The Morgan fingerprint density at radius 1 is 0.964 bits per heavy atom. The number of rotatable bonds is 4. The zero-order chi connectivity index (χ0) is 19.5. The number of benzene rings is 3. The SMILES string of the molecule is COc1ccc(C)cc1NC(=O)CN1Cc2ccccc2-c2ccccc2C1. The van der Waals surface area contributed by atoms with Gasteiger partial charge in [0.2, 0.25) is 5.91 Å². The van der Waals surface area contributed by atoms with Crippen LogP contribution < -0.4 is 10.1 Å². The van der Waals surface area contributed by atoms with E-state index in [4.69, 9.17) is 4.74 Å². The van der Waals surface area contributed by atoms with Crippen molar-refractivity contribution in [3.63, 3.8) is 0 Å². The topological polar surface area (TPSA) is 41.6 Å². The van der Waals surface area contributed by atoms with E-state index in [0.29, 0.717) is 18.0 Å². The van der Waals surface area contributed by atoms with Crippen LogP contribution in [0.1, 0.15) is 16.7 Å². The molecule has 142 valence electrons. The summed E-state index contributed by atoms with van der Waals surface area (Å²) in [4.78, 5) is 15.0. The van der Waals surface area contributed by atoms with Crippen molar-refractivity contribution in [1.29, 1.82) is 0 Å². The number of aryl methyl sites for hydroxylation is 1. The zero-order valence-corrected chi connectivity index (χ0v) is 16.2. The molecule has 0 saturated heterocycles. The Kier molecular flexibility index (Phi) is 5.13. The summed E-state index contributed by atoms with van der Waals surface area (Å²) in [6, 6.07) is 22.7. The number of anilines is 1. The first-order valence-corrected chi connectivity index (χ1v) is 9.47. The molecule has 0 unspecified atom stereocenters. The number of carbonyl (C=O) groups excluding carboxylic acids is 1. The van der Waals surface area contributed by atoms with Gasteiger partial charge in [-0.05, 0) is 46.9 Å². The predicted molar refractivity (Wildman–Crippen MR) is 112 cm³/mol. The molecule has 4 nitrogen and oxygen atoms in total. The number of fused-ring (bicyclic) bond motifs is 3. The lowest BCUT2D eigenvalue weighted by Gasteiger charge is -2.21. The van der Waals surface area contributed by atoms with Crippen molar-refractivity contribution in [3.8, 4) is 16.9 Å². The average Bonchev–Trinajstić information content (AvgIpc) is 2.84. The van der Waals surface area contributed by atoms with E-state index in [1.54, 1.807) is 7.11 Å². The van der Waals surface area contributed by atoms with E-state index < -0.39 is 0 Å². The highest BCUT2D eigenvalue weighted by Gasteiger charge is 2.21. The molecule has 1 N–H and O–H groups in total. The summed E-state index contributed by atoms with van der Waals surface area (Å²) in [7, 11) is 1.61. The second-order valence-corrected chi connectivity index (χ2v) is 7.21. The van der Waals surface area contributed by atoms with E-state index in [-0.39, 0.29) is 5.91 Å². The third-order valence-corrected chi connectivity index (χ3v) is 5.11. The molecule has 4 rings (SSSR count). The third kappa shape index (κ3) is 3.78. The van der Waals surface area contributed by atoms with Crippen LogP contribution in [0.5, 0.6) is 5.75 Å². The molecule has 1 heterocycles. The normalized spacial score (nSPS) is 13.2. The first-order chi connectivity index (χ1) is 13.6. The smallest absolute Gasteiger partial charge is 0.238 e. The maximum absolute atomic E-state index is 12.8. The fraction of sp³-hybridized carbons (Fsp3) is 0.208. The highest BCUT2D eigenvalue weighted by Crippen LogP contribution is 2.32. The summed E-state index contributed by atoms with van der Waals surface area (Å²) in [5.41, 5.74) is 6.78. The molecule has 1 amide bonds. The van der Waals surface area contributed by atoms with E-state index in [1.807, 2.05) is 25.1 Å². The third-order valence-electron chi connectivity index (χ3n) is 5.11. The molecule has 0 bridgehead atoms. The molecule has 0 aliphatic carbocycles. The number of nitrogens with zero attached hydrogens (tertiary/aromatic N) is 1. The Hall–Kier alpha value is -3.11. The summed E-state index contributed by atoms with van der Waals surface area (Å²) >= 11 is 0. The molecule has 3 aromatic carbocycles. The first-order valence-electron chi connectivity index (χ1n) is 9.47. The van der Waals surface area contributed by atoms with E-state index in [0.717, 1.165) is 18.7 Å². The molecule has 0 atom stereocenters. The van der Waals surface area contributed by atoms with Gasteiger partial charge in [0.1, 0.15) is 5.75 Å². The van der Waals surface area contributed by atoms with Gasteiger partial charge in [-0.3, -0.25) is 9.69 Å². The van der Waals surface area contributed by atoms with Gasteiger partial charge in [-0.2, -0.15) is 0 Å². The number of methoxy groups -OCH3 is 1. The van der Waals surface area contributed by atoms with Crippen LogP contribution in [0.25, 0.3) is 11.1 Å². The van der Waals surface area contributed by atoms with Gasteiger partial charge in [-0.15, -0.1) is 0 Å². The lowest BCUT2D eigenvalue weighted by Crippen LogP contribution is -2.32. The summed E-state index contributed by atoms with van der Waals surface area (Å²) < 4.78 is 5.38. The maximum Gasteiger partial charge on any atom is 0.238 e. The fourth-order valence-corrected chi connectivity index (χ4v) is 3.80. The van der Waals surface area contributed by atoms with Crippen LogP contribution in [0.2, 0.25) is 0 Å². The lowest BCUT2D eigenvalue weighted by molar-refractivity contribution is -0.117. The molecule has 4 heteroatoms. The summed E-state index contributed by atoms with van der Waals surface area (Å²) in [6.45, 7) is 3.80. The van der Waals surface area contributed by atoms with E-state index >= 15 is 0 Å². The number of hydrogen-bond donors (Lipinski definition) is 1. The van der Waals surface area contributed by atoms with E-state index in [9.17, 15) is 4.79 Å². The highest BCUT2D eigenvalue weighted by atomic mass is 16.5. The molecule has 0 fully saturated rings. The van der Waals surface area contributed by atoms with Crippen molar-refractivity contribution in [2.45, 2.75) is 20.0 Å². The number of hydrogen-bond acceptors (Lipinski definition) is 3. The van der Waals surface area contributed by atoms with Crippen LogP contribution in [-0.2, 0) is 17.9 Å². The van der Waals surface area contributed by atoms with Gasteiger partial charge in [-0.1, -0.05) is 54.6 Å². The lowest BCUT2D eigenvalue weighted by atomic mass is 9.97. The Morgan fingerprint density at radius 2 is 1.57 bits per heavy atom. The van der Waals surface area contributed by atoms with Gasteiger partial charge in [0.25, 0.3) is 0 Å². The Balaban J connectivity index is 1.56. The van der Waals surface area contributed by atoms with Crippen LogP contribution in [0.3, 0.4) is 0 Å². The minimum atomic E-state index is -0.0410. The monoisotopic (exact) mass is 372 g/mol. The van der Waals surface area contributed by atoms with Crippen molar-refractivity contribution in [2.75, 3.05) is 19.0 Å². The van der Waals surface area contributed by atoms with E-state index in [2.05, 4.69) is 58.7 Å². The average molecular weight is 372 g/mol. The fourth-order valence-electron chi connectivity index (χ4n) is 3.80.